The monoisotopic (exact) mass is 436 g/mol. The van der Waals surface area contributed by atoms with Crippen LogP contribution < -0.4 is 10.1 Å². The summed E-state index contributed by atoms with van der Waals surface area (Å²) in [6.07, 6.45) is 1.52. The molecule has 0 unspecified atom stereocenters. The normalized spacial score (nSPS) is 11.5. The minimum absolute atomic E-state index is 0.0971. The lowest BCUT2D eigenvalue weighted by atomic mass is 10.3. The standard InChI is InChI=1S/C17H13ClN4O4S2/c18-12-3-5-13(6-4-12)21-28(25,26)17-10-14(22(23)24)7-8-16(17)20-19-11-15-2-1-9-27-15/h1-11,20-21H. The first kappa shape index (κ1) is 19.8. The van der Waals surface area contributed by atoms with E-state index in [0.29, 0.717) is 5.02 Å². The predicted molar refractivity (Wildman–Crippen MR) is 111 cm³/mol. The van der Waals surface area contributed by atoms with Crippen LogP contribution in [0.1, 0.15) is 4.88 Å². The molecule has 2 aromatic carbocycles. The number of nitrogens with one attached hydrogen (secondary N) is 2. The van der Waals surface area contributed by atoms with Crippen LogP contribution in [0.25, 0.3) is 0 Å². The average molecular weight is 437 g/mol. The van der Waals surface area contributed by atoms with Gasteiger partial charge in [0.05, 0.1) is 16.8 Å². The number of hydrogen-bond acceptors (Lipinski definition) is 7. The highest BCUT2D eigenvalue weighted by molar-refractivity contribution is 7.92. The predicted octanol–water partition coefficient (Wildman–Crippen LogP) is 4.56. The highest BCUT2D eigenvalue weighted by Crippen LogP contribution is 2.28. The molecule has 11 heteroatoms. The van der Waals surface area contributed by atoms with E-state index in [2.05, 4.69) is 15.2 Å². The molecule has 0 spiro atoms. The topological polar surface area (TPSA) is 114 Å². The van der Waals surface area contributed by atoms with E-state index in [1.54, 1.807) is 0 Å². The molecule has 0 aliphatic carbocycles. The molecule has 0 atom stereocenters. The zero-order valence-corrected chi connectivity index (χ0v) is 16.5. The molecule has 2 N–H and O–H groups in total. The lowest BCUT2D eigenvalue weighted by Crippen LogP contribution is -2.15. The maximum absolute atomic E-state index is 12.8. The zero-order chi connectivity index (χ0) is 20.1. The van der Waals surface area contributed by atoms with Crippen LogP contribution in [0.15, 0.2) is 70.0 Å². The number of anilines is 2. The fraction of sp³-hybridized carbons (Fsp3) is 0. The van der Waals surface area contributed by atoms with E-state index in [9.17, 15) is 18.5 Å². The van der Waals surface area contributed by atoms with E-state index < -0.39 is 14.9 Å². The number of nitrogens with zero attached hydrogens (tertiary/aromatic N) is 2. The molecule has 0 fully saturated rings. The Bertz CT molecular complexity index is 1110. The van der Waals surface area contributed by atoms with Crippen molar-refractivity contribution in [1.82, 2.24) is 0 Å². The van der Waals surface area contributed by atoms with Crippen molar-refractivity contribution in [1.29, 1.82) is 0 Å². The van der Waals surface area contributed by atoms with Gasteiger partial charge in [-0.1, -0.05) is 17.7 Å². The second kappa shape index (κ2) is 8.38. The van der Waals surface area contributed by atoms with E-state index >= 15 is 0 Å². The van der Waals surface area contributed by atoms with Crippen LogP contribution in [0.4, 0.5) is 17.1 Å². The van der Waals surface area contributed by atoms with Crippen LogP contribution in [0, 0.1) is 10.1 Å². The van der Waals surface area contributed by atoms with Gasteiger partial charge in [0.15, 0.2) is 0 Å². The van der Waals surface area contributed by atoms with E-state index in [1.165, 1.54) is 53.9 Å². The van der Waals surface area contributed by atoms with Gasteiger partial charge in [-0.05, 0) is 41.8 Å². The lowest BCUT2D eigenvalue weighted by Gasteiger charge is -2.12. The van der Waals surface area contributed by atoms with Crippen molar-refractivity contribution >= 4 is 56.2 Å². The van der Waals surface area contributed by atoms with Gasteiger partial charge in [-0.15, -0.1) is 11.3 Å². The minimum Gasteiger partial charge on any atom is -0.280 e. The van der Waals surface area contributed by atoms with E-state index in [-0.39, 0.29) is 22.0 Å². The van der Waals surface area contributed by atoms with Crippen molar-refractivity contribution in [3.8, 4) is 0 Å². The summed E-state index contributed by atoms with van der Waals surface area (Å²) in [7, 11) is -4.13. The number of nitro benzene ring substituents is 1. The maximum atomic E-state index is 12.8. The van der Waals surface area contributed by atoms with Crippen LogP contribution >= 0.6 is 22.9 Å². The Morgan fingerprint density at radius 2 is 1.89 bits per heavy atom. The molecule has 0 amide bonds. The minimum atomic E-state index is -4.13. The van der Waals surface area contributed by atoms with Gasteiger partial charge in [0.25, 0.3) is 15.7 Å². The molecule has 0 saturated carbocycles. The fourth-order valence-electron chi connectivity index (χ4n) is 2.20. The molecule has 0 radical (unpaired) electrons. The van der Waals surface area contributed by atoms with E-state index in [4.69, 9.17) is 11.6 Å². The number of sulfonamides is 1. The van der Waals surface area contributed by atoms with Gasteiger partial charge >= 0.3 is 0 Å². The Balaban J connectivity index is 1.94. The first-order valence-corrected chi connectivity index (χ1v) is 10.5. The van der Waals surface area contributed by atoms with Crippen molar-refractivity contribution in [3.05, 3.63) is 80.0 Å². The van der Waals surface area contributed by atoms with Crippen LogP contribution in [0.5, 0.6) is 0 Å². The van der Waals surface area contributed by atoms with Gasteiger partial charge < -0.3 is 0 Å². The van der Waals surface area contributed by atoms with Crippen molar-refractivity contribution in [2.45, 2.75) is 4.90 Å². The van der Waals surface area contributed by atoms with Crippen molar-refractivity contribution in [2.75, 3.05) is 10.1 Å². The molecular formula is C17H13ClN4O4S2. The molecule has 3 rings (SSSR count). The third-order valence-electron chi connectivity index (χ3n) is 3.48. The van der Waals surface area contributed by atoms with Gasteiger partial charge in [0.2, 0.25) is 0 Å². The van der Waals surface area contributed by atoms with E-state index in [1.807, 2.05) is 17.5 Å². The third-order valence-corrected chi connectivity index (χ3v) is 5.96. The average Bonchev–Trinajstić information content (AvgIpc) is 3.17. The molecule has 1 aromatic heterocycles. The molecule has 8 nitrogen and oxygen atoms in total. The molecule has 0 bridgehead atoms. The van der Waals surface area contributed by atoms with Crippen LogP contribution in [-0.2, 0) is 10.0 Å². The van der Waals surface area contributed by atoms with Gasteiger partial charge in [0.1, 0.15) is 4.90 Å². The largest absolute Gasteiger partial charge is 0.280 e. The highest BCUT2D eigenvalue weighted by atomic mass is 35.5. The Kier molecular flexibility index (Phi) is 5.93. The molecule has 144 valence electrons. The first-order valence-electron chi connectivity index (χ1n) is 7.74. The van der Waals surface area contributed by atoms with Crippen molar-refractivity contribution in [3.63, 3.8) is 0 Å². The number of hydrazone groups is 1. The van der Waals surface area contributed by atoms with Crippen LogP contribution in [0.3, 0.4) is 0 Å². The second-order valence-electron chi connectivity index (χ2n) is 5.44. The van der Waals surface area contributed by atoms with Crippen molar-refractivity contribution in [2.24, 2.45) is 5.10 Å². The number of nitro groups is 1. The summed E-state index contributed by atoms with van der Waals surface area (Å²) < 4.78 is 28.0. The molecule has 0 saturated heterocycles. The summed E-state index contributed by atoms with van der Waals surface area (Å²) in [5.41, 5.74) is 2.64. The Hall–Kier alpha value is -2.95. The van der Waals surface area contributed by atoms with Gasteiger partial charge in [-0.2, -0.15) is 5.10 Å². The summed E-state index contributed by atoms with van der Waals surface area (Å²) in [4.78, 5) is 11.0. The Morgan fingerprint density at radius 3 is 2.54 bits per heavy atom. The highest BCUT2D eigenvalue weighted by Gasteiger charge is 2.22. The fourth-order valence-corrected chi connectivity index (χ4v) is 4.14. The Morgan fingerprint density at radius 1 is 1.14 bits per heavy atom. The first-order chi connectivity index (χ1) is 13.3. The van der Waals surface area contributed by atoms with Gasteiger partial charge in [0, 0.05) is 27.7 Å². The smallest absolute Gasteiger partial charge is 0.270 e. The quantitative estimate of drug-likeness (QED) is 0.320. The van der Waals surface area contributed by atoms with Gasteiger partial charge in [-0.25, -0.2) is 8.42 Å². The molecule has 0 aliphatic heterocycles. The van der Waals surface area contributed by atoms with Crippen LogP contribution in [0.2, 0.25) is 5.02 Å². The summed E-state index contributed by atoms with van der Waals surface area (Å²) in [6, 6.07) is 13.2. The summed E-state index contributed by atoms with van der Waals surface area (Å²) >= 11 is 7.26. The third kappa shape index (κ3) is 4.85. The maximum Gasteiger partial charge on any atom is 0.270 e. The second-order valence-corrected chi connectivity index (χ2v) is 8.50. The number of benzene rings is 2. The zero-order valence-electron chi connectivity index (χ0n) is 14.1. The summed E-state index contributed by atoms with van der Waals surface area (Å²) in [5.74, 6) is 0. The Labute approximate surface area is 169 Å². The number of non-ortho nitro benzene ring substituents is 1. The number of halogens is 1. The van der Waals surface area contributed by atoms with E-state index in [0.717, 1.165) is 10.9 Å². The molecular weight excluding hydrogens is 424 g/mol. The molecule has 1 heterocycles. The van der Waals surface area contributed by atoms with Crippen LogP contribution in [-0.4, -0.2) is 19.6 Å². The lowest BCUT2D eigenvalue weighted by molar-refractivity contribution is -0.385. The summed E-state index contributed by atoms with van der Waals surface area (Å²) in [6.45, 7) is 0. The number of rotatable bonds is 7. The molecule has 28 heavy (non-hydrogen) atoms. The molecule has 0 aliphatic rings. The SMILES string of the molecule is O=[N+]([O-])c1ccc(NN=Cc2cccs2)c(S(=O)(=O)Nc2ccc(Cl)cc2)c1. The summed E-state index contributed by atoms with van der Waals surface area (Å²) in [5, 5.41) is 17.4. The van der Waals surface area contributed by atoms with Crippen molar-refractivity contribution < 1.29 is 13.3 Å². The molecule has 3 aromatic rings. The number of hydrogen-bond donors (Lipinski definition) is 2. The van der Waals surface area contributed by atoms with Gasteiger partial charge in [-0.3, -0.25) is 20.3 Å². The number of thiophene rings is 1.